The van der Waals surface area contributed by atoms with E-state index in [-0.39, 0.29) is 30.4 Å². The minimum atomic E-state index is -0.185. The molecule has 2 aromatic rings. The number of benzene rings is 2. The second-order valence-electron chi connectivity index (χ2n) is 9.85. The maximum absolute atomic E-state index is 12.6. The summed E-state index contributed by atoms with van der Waals surface area (Å²) in [4.78, 5) is 28.2. The molecule has 32 heavy (non-hydrogen) atoms. The third-order valence-electron chi connectivity index (χ3n) is 6.41. The summed E-state index contributed by atoms with van der Waals surface area (Å²) >= 11 is 0. The maximum Gasteiger partial charge on any atom is 0.265 e. The van der Waals surface area contributed by atoms with Crippen molar-refractivity contribution in [2.24, 2.45) is 0 Å². The summed E-state index contributed by atoms with van der Waals surface area (Å²) in [6.07, 6.45) is 2.04. The van der Waals surface area contributed by atoms with Gasteiger partial charge in [0, 0.05) is 24.9 Å². The zero-order valence-corrected chi connectivity index (χ0v) is 19.4. The highest BCUT2D eigenvalue weighted by molar-refractivity contribution is 6.02. The van der Waals surface area contributed by atoms with Crippen LogP contribution in [0.2, 0.25) is 0 Å². The van der Waals surface area contributed by atoms with Crippen LogP contribution in [0.1, 0.15) is 43.9 Å². The monoisotopic (exact) mass is 436 g/mol. The summed E-state index contributed by atoms with van der Waals surface area (Å²) in [5, 5.41) is 3.00. The van der Waals surface area contributed by atoms with Gasteiger partial charge in [-0.3, -0.25) is 14.5 Å². The number of anilines is 1. The van der Waals surface area contributed by atoms with Gasteiger partial charge in [-0.05, 0) is 28.7 Å². The number of amides is 2. The molecular weight excluding hydrogens is 402 g/mol. The number of fused-ring (bicyclic) bond motifs is 2. The number of nitrogens with one attached hydrogen (secondary N) is 2. The lowest BCUT2D eigenvalue weighted by Crippen LogP contribution is -3.11. The summed E-state index contributed by atoms with van der Waals surface area (Å²) in [6, 6.07) is 14.6. The van der Waals surface area contributed by atoms with Gasteiger partial charge in [-0.2, -0.15) is 0 Å². The van der Waals surface area contributed by atoms with Crippen molar-refractivity contribution in [2.75, 3.05) is 37.7 Å². The van der Waals surface area contributed by atoms with E-state index in [1.807, 2.05) is 18.2 Å². The number of carbonyl (C=O) groups excluding carboxylic acids is 2. The van der Waals surface area contributed by atoms with Crippen molar-refractivity contribution in [3.05, 3.63) is 59.2 Å². The third-order valence-corrected chi connectivity index (χ3v) is 6.41. The van der Waals surface area contributed by atoms with Crippen LogP contribution < -0.4 is 19.9 Å². The van der Waals surface area contributed by atoms with Gasteiger partial charge in [-0.1, -0.05) is 51.1 Å². The van der Waals surface area contributed by atoms with Crippen LogP contribution in [0.5, 0.6) is 5.75 Å². The van der Waals surface area contributed by atoms with Gasteiger partial charge in [0.25, 0.3) is 5.91 Å². The molecule has 0 aromatic heterocycles. The second-order valence-corrected chi connectivity index (χ2v) is 9.85. The minimum Gasteiger partial charge on any atom is -0.482 e. The van der Waals surface area contributed by atoms with Crippen molar-refractivity contribution in [3.8, 4) is 5.75 Å². The van der Waals surface area contributed by atoms with E-state index in [4.69, 9.17) is 4.74 Å². The highest BCUT2D eigenvalue weighted by Crippen LogP contribution is 2.36. The van der Waals surface area contributed by atoms with Crippen molar-refractivity contribution in [3.63, 3.8) is 0 Å². The van der Waals surface area contributed by atoms with Crippen LogP contribution in [0.3, 0.4) is 0 Å². The number of nitrogens with zero attached hydrogens (tertiary/aromatic N) is 1. The van der Waals surface area contributed by atoms with Crippen LogP contribution in [0, 0.1) is 0 Å². The van der Waals surface area contributed by atoms with Crippen molar-refractivity contribution >= 4 is 17.5 Å². The van der Waals surface area contributed by atoms with Crippen molar-refractivity contribution in [1.29, 1.82) is 0 Å². The maximum atomic E-state index is 12.6. The molecule has 0 spiro atoms. The van der Waals surface area contributed by atoms with Crippen molar-refractivity contribution < 1.29 is 19.2 Å². The fraction of sp³-hybridized carbons (Fsp3) is 0.462. The molecule has 0 saturated carbocycles. The fourth-order valence-electron chi connectivity index (χ4n) is 4.46. The van der Waals surface area contributed by atoms with Crippen LogP contribution in [0.25, 0.3) is 0 Å². The number of carbonyl (C=O) groups is 2. The Labute approximate surface area is 190 Å². The molecule has 2 aromatic carbocycles. The zero-order chi connectivity index (χ0) is 22.7. The molecule has 0 aliphatic carbocycles. The molecule has 4 rings (SSSR count). The predicted octanol–water partition coefficient (Wildman–Crippen LogP) is 1.86. The van der Waals surface area contributed by atoms with Crippen LogP contribution in [0.4, 0.5) is 5.69 Å². The molecule has 1 unspecified atom stereocenters. The molecule has 2 aliphatic rings. The number of quaternary nitrogens is 1. The lowest BCUT2D eigenvalue weighted by atomic mass is 9.86. The fourth-order valence-corrected chi connectivity index (χ4v) is 4.46. The molecule has 6 heteroatoms. The Morgan fingerprint density at radius 3 is 2.72 bits per heavy atom. The number of ether oxygens (including phenoxy) is 1. The normalized spacial score (nSPS) is 17.9. The highest BCUT2D eigenvalue weighted by Gasteiger charge is 2.29. The summed E-state index contributed by atoms with van der Waals surface area (Å²) in [5.74, 6) is 0.334. The standard InChI is InChI=1S/C26H33N3O3/c1-26(2,3)21-9-10-23-22(15-21)29(25(31)18-32-23)17-24(30)27-12-6-13-28-14-11-19-7-4-5-8-20(19)16-28/h4-5,7-10,15H,6,11-14,16-18H2,1-3H3,(H,27,30)/p+1. The van der Waals surface area contributed by atoms with E-state index in [1.54, 1.807) is 9.80 Å². The average molecular weight is 437 g/mol. The summed E-state index contributed by atoms with van der Waals surface area (Å²) in [5.41, 5.74) is 4.64. The smallest absolute Gasteiger partial charge is 0.265 e. The Bertz CT molecular complexity index is 996. The molecule has 0 saturated heterocycles. The number of rotatable bonds is 6. The first-order chi connectivity index (χ1) is 15.3. The van der Waals surface area contributed by atoms with Gasteiger partial charge in [0.2, 0.25) is 5.91 Å². The lowest BCUT2D eigenvalue weighted by Gasteiger charge is -2.31. The van der Waals surface area contributed by atoms with E-state index in [1.165, 1.54) is 11.1 Å². The first kappa shape index (κ1) is 22.3. The van der Waals surface area contributed by atoms with E-state index in [9.17, 15) is 9.59 Å². The molecule has 2 N–H and O–H groups in total. The molecule has 2 heterocycles. The van der Waals surface area contributed by atoms with E-state index in [2.05, 4.69) is 50.4 Å². The number of hydrogen-bond acceptors (Lipinski definition) is 3. The molecule has 2 aliphatic heterocycles. The lowest BCUT2D eigenvalue weighted by molar-refractivity contribution is -0.916. The first-order valence-electron chi connectivity index (χ1n) is 11.6. The quantitative estimate of drug-likeness (QED) is 0.680. The topological polar surface area (TPSA) is 63.1 Å². The van der Waals surface area contributed by atoms with Crippen LogP contribution in [0.15, 0.2) is 42.5 Å². The van der Waals surface area contributed by atoms with E-state index >= 15 is 0 Å². The average Bonchev–Trinajstić information content (AvgIpc) is 2.77. The van der Waals surface area contributed by atoms with Crippen molar-refractivity contribution in [1.82, 2.24) is 5.32 Å². The molecule has 0 radical (unpaired) electrons. The Hall–Kier alpha value is -2.86. The molecule has 0 fully saturated rings. The molecule has 2 amide bonds. The predicted molar refractivity (Wildman–Crippen MR) is 125 cm³/mol. The third kappa shape index (κ3) is 5.13. The Morgan fingerprint density at radius 1 is 1.16 bits per heavy atom. The highest BCUT2D eigenvalue weighted by atomic mass is 16.5. The van der Waals surface area contributed by atoms with E-state index in [0.717, 1.165) is 38.0 Å². The van der Waals surface area contributed by atoms with Gasteiger partial charge in [0.1, 0.15) is 18.8 Å². The van der Waals surface area contributed by atoms with Gasteiger partial charge >= 0.3 is 0 Å². The Morgan fingerprint density at radius 2 is 1.94 bits per heavy atom. The van der Waals surface area contributed by atoms with Crippen LogP contribution >= 0.6 is 0 Å². The molecule has 1 atom stereocenters. The van der Waals surface area contributed by atoms with Crippen LogP contribution in [-0.2, 0) is 28.0 Å². The molecular formula is C26H34N3O3+. The second kappa shape index (κ2) is 9.33. The van der Waals surface area contributed by atoms with Gasteiger partial charge in [0.15, 0.2) is 6.61 Å². The molecule has 6 nitrogen and oxygen atoms in total. The SMILES string of the molecule is CC(C)(C)c1ccc2c(c1)N(CC(=O)NCCC[NH+]1CCc3ccccc3C1)C(=O)CO2. The summed E-state index contributed by atoms with van der Waals surface area (Å²) in [6.45, 7) is 10.2. The van der Waals surface area contributed by atoms with Gasteiger partial charge < -0.3 is 15.0 Å². The Kier molecular flexibility index (Phi) is 6.51. The Balaban J connectivity index is 1.29. The largest absolute Gasteiger partial charge is 0.482 e. The van der Waals surface area contributed by atoms with Crippen LogP contribution in [-0.4, -0.2) is 44.6 Å². The minimum absolute atomic E-state index is 0.0206. The van der Waals surface area contributed by atoms with E-state index < -0.39 is 0 Å². The van der Waals surface area contributed by atoms with Crippen molar-refractivity contribution in [2.45, 2.75) is 45.6 Å². The van der Waals surface area contributed by atoms with E-state index in [0.29, 0.717) is 18.0 Å². The summed E-state index contributed by atoms with van der Waals surface area (Å²) < 4.78 is 5.58. The zero-order valence-electron chi connectivity index (χ0n) is 19.4. The van der Waals surface area contributed by atoms with Gasteiger partial charge in [-0.25, -0.2) is 0 Å². The van der Waals surface area contributed by atoms with Gasteiger partial charge in [-0.15, -0.1) is 0 Å². The molecule has 170 valence electrons. The van der Waals surface area contributed by atoms with Gasteiger partial charge in [0.05, 0.1) is 18.8 Å². The first-order valence-corrected chi connectivity index (χ1v) is 11.6. The summed E-state index contributed by atoms with van der Waals surface area (Å²) in [7, 11) is 0. The number of hydrogen-bond donors (Lipinski definition) is 2. The molecule has 0 bridgehead atoms.